The van der Waals surface area contributed by atoms with E-state index in [0.717, 1.165) is 0 Å². The summed E-state index contributed by atoms with van der Waals surface area (Å²) in [6.45, 7) is 5.27. The van der Waals surface area contributed by atoms with Gasteiger partial charge < -0.3 is 4.74 Å². The Hall–Kier alpha value is -2.61. The smallest absolute Gasteiger partial charge is 0.343 e. The second-order valence-electron chi connectivity index (χ2n) is 6.84. The molecule has 0 fully saturated rings. The van der Waals surface area contributed by atoms with Crippen LogP contribution in [0.3, 0.4) is 0 Å². The first-order valence-electron chi connectivity index (χ1n) is 8.05. The fourth-order valence-corrected chi connectivity index (χ4v) is 2.44. The van der Waals surface area contributed by atoms with Crippen molar-refractivity contribution in [3.63, 3.8) is 0 Å². The van der Waals surface area contributed by atoms with Crippen molar-refractivity contribution in [2.45, 2.75) is 20.8 Å². The summed E-state index contributed by atoms with van der Waals surface area (Å²) in [7, 11) is 0. The Labute approximate surface area is 168 Å². The van der Waals surface area contributed by atoms with E-state index in [1.54, 1.807) is 45.0 Å². The molecule has 2 aromatic carbocycles. The first-order chi connectivity index (χ1) is 12.6. The number of hydrogen-bond acceptors (Lipinski definition) is 4. The van der Waals surface area contributed by atoms with Crippen LogP contribution in [0.15, 0.2) is 48.0 Å². The van der Waals surface area contributed by atoms with E-state index in [9.17, 15) is 14.9 Å². The van der Waals surface area contributed by atoms with Crippen LogP contribution in [-0.4, -0.2) is 11.8 Å². The summed E-state index contributed by atoms with van der Waals surface area (Å²) in [6, 6.07) is 12.9. The highest BCUT2D eigenvalue weighted by Crippen LogP contribution is 2.24. The van der Waals surface area contributed by atoms with Crippen molar-refractivity contribution in [1.29, 1.82) is 5.26 Å². The minimum atomic E-state index is -0.642. The zero-order valence-corrected chi connectivity index (χ0v) is 16.6. The Morgan fingerprint density at radius 3 is 2.19 bits per heavy atom. The molecular formula is C21H17Cl2NO3. The van der Waals surface area contributed by atoms with E-state index >= 15 is 0 Å². The third-order valence-corrected chi connectivity index (χ3v) is 4.34. The predicted molar refractivity (Wildman–Crippen MR) is 106 cm³/mol. The third kappa shape index (κ3) is 5.43. The zero-order valence-electron chi connectivity index (χ0n) is 15.0. The van der Waals surface area contributed by atoms with Gasteiger partial charge in [-0.25, -0.2) is 4.79 Å². The molecule has 0 spiro atoms. The summed E-state index contributed by atoms with van der Waals surface area (Å²) in [4.78, 5) is 24.4. The Morgan fingerprint density at radius 1 is 1.04 bits per heavy atom. The number of nitriles is 1. The number of benzene rings is 2. The number of rotatable bonds is 4. The normalized spacial score (nSPS) is 11.6. The summed E-state index contributed by atoms with van der Waals surface area (Å²) in [5, 5.41) is 9.85. The average molecular weight is 402 g/mol. The van der Waals surface area contributed by atoms with Crippen molar-refractivity contribution < 1.29 is 14.3 Å². The average Bonchev–Trinajstić information content (AvgIpc) is 2.62. The Balaban J connectivity index is 2.16. The Kier molecular flexibility index (Phi) is 6.43. The SMILES string of the molecule is CC(C)(C)C(=O)C(C#N)=Cc1ccc(OC(=O)c2ccc(Cl)c(Cl)c2)cc1. The minimum absolute atomic E-state index is 0.0723. The van der Waals surface area contributed by atoms with E-state index in [2.05, 4.69) is 0 Å². The molecule has 6 heteroatoms. The van der Waals surface area contributed by atoms with Gasteiger partial charge in [0.15, 0.2) is 5.78 Å². The van der Waals surface area contributed by atoms with E-state index in [1.165, 1.54) is 24.3 Å². The second kappa shape index (κ2) is 8.39. The molecule has 0 aliphatic carbocycles. The maximum absolute atomic E-state index is 12.2. The van der Waals surface area contributed by atoms with E-state index in [1.807, 2.05) is 6.07 Å². The molecule has 0 aliphatic rings. The number of ether oxygens (including phenoxy) is 1. The number of nitrogens with zero attached hydrogens (tertiary/aromatic N) is 1. The van der Waals surface area contributed by atoms with Gasteiger partial charge in [-0.15, -0.1) is 0 Å². The molecule has 0 amide bonds. The number of hydrogen-bond donors (Lipinski definition) is 0. The van der Waals surface area contributed by atoms with Crippen molar-refractivity contribution in [2.24, 2.45) is 5.41 Å². The van der Waals surface area contributed by atoms with Crippen molar-refractivity contribution in [1.82, 2.24) is 0 Å². The number of allylic oxidation sites excluding steroid dienone is 1. The maximum Gasteiger partial charge on any atom is 0.343 e. The number of Topliss-reactive ketones (excluding diaryl/α,β-unsaturated/α-hetero) is 1. The van der Waals surface area contributed by atoms with E-state index in [-0.39, 0.29) is 21.9 Å². The molecule has 0 bridgehead atoms. The first-order valence-corrected chi connectivity index (χ1v) is 8.81. The van der Waals surface area contributed by atoms with Crippen LogP contribution in [0.4, 0.5) is 0 Å². The molecule has 0 atom stereocenters. The van der Waals surface area contributed by atoms with Gasteiger partial charge in [-0.05, 0) is 42.0 Å². The molecule has 4 nitrogen and oxygen atoms in total. The molecule has 0 aliphatic heterocycles. The van der Waals surface area contributed by atoms with Gasteiger partial charge in [-0.2, -0.15) is 5.26 Å². The zero-order chi connectivity index (χ0) is 20.2. The molecule has 0 saturated heterocycles. The second-order valence-corrected chi connectivity index (χ2v) is 7.65. The van der Waals surface area contributed by atoms with E-state index < -0.39 is 11.4 Å². The Morgan fingerprint density at radius 2 is 1.67 bits per heavy atom. The number of ketones is 1. The van der Waals surface area contributed by atoms with Crippen LogP contribution in [0.1, 0.15) is 36.7 Å². The molecular weight excluding hydrogens is 385 g/mol. The lowest BCUT2D eigenvalue weighted by Crippen LogP contribution is -2.21. The monoisotopic (exact) mass is 401 g/mol. The summed E-state index contributed by atoms with van der Waals surface area (Å²) in [5.74, 6) is -0.485. The van der Waals surface area contributed by atoms with Gasteiger partial charge >= 0.3 is 5.97 Å². The summed E-state index contributed by atoms with van der Waals surface area (Å²) in [5.41, 5.74) is 0.356. The molecule has 27 heavy (non-hydrogen) atoms. The topological polar surface area (TPSA) is 67.2 Å². The fraction of sp³-hybridized carbons (Fsp3) is 0.190. The van der Waals surface area contributed by atoms with Crippen molar-refractivity contribution in [3.05, 3.63) is 69.2 Å². The molecule has 0 unspecified atom stereocenters. The van der Waals surface area contributed by atoms with Crippen LogP contribution in [0.2, 0.25) is 10.0 Å². The van der Waals surface area contributed by atoms with Crippen molar-refractivity contribution in [2.75, 3.05) is 0 Å². The minimum Gasteiger partial charge on any atom is -0.423 e. The van der Waals surface area contributed by atoms with E-state index in [0.29, 0.717) is 16.3 Å². The van der Waals surface area contributed by atoms with Gasteiger partial charge in [-0.3, -0.25) is 4.79 Å². The standard InChI is InChI=1S/C21H17Cl2NO3/c1-21(2,3)19(25)15(12-24)10-13-4-7-16(8-5-13)27-20(26)14-6-9-17(22)18(23)11-14/h4-11H,1-3H3. The fourth-order valence-electron chi connectivity index (χ4n) is 2.14. The molecule has 0 aromatic heterocycles. The molecule has 2 aromatic rings. The van der Waals surface area contributed by atoms with Gasteiger partial charge in [-0.1, -0.05) is 56.1 Å². The predicted octanol–water partition coefficient (Wildman–Crippen LogP) is 5.73. The van der Waals surface area contributed by atoms with Crippen LogP contribution >= 0.6 is 23.2 Å². The lowest BCUT2D eigenvalue weighted by Gasteiger charge is -2.15. The summed E-state index contributed by atoms with van der Waals surface area (Å²) < 4.78 is 5.29. The van der Waals surface area contributed by atoms with Crippen molar-refractivity contribution >= 4 is 41.0 Å². The highest BCUT2D eigenvalue weighted by atomic mass is 35.5. The lowest BCUT2D eigenvalue weighted by molar-refractivity contribution is -0.121. The van der Waals surface area contributed by atoms with Crippen molar-refractivity contribution in [3.8, 4) is 11.8 Å². The highest BCUT2D eigenvalue weighted by Gasteiger charge is 2.24. The number of carbonyl (C=O) groups is 2. The van der Waals surface area contributed by atoms with Crippen LogP contribution in [0, 0.1) is 16.7 Å². The lowest BCUT2D eigenvalue weighted by atomic mass is 9.86. The van der Waals surface area contributed by atoms with Gasteiger partial charge in [0.25, 0.3) is 0 Å². The van der Waals surface area contributed by atoms with Crippen LogP contribution in [-0.2, 0) is 4.79 Å². The summed E-state index contributed by atoms with van der Waals surface area (Å²) in [6.07, 6.45) is 1.51. The van der Waals surface area contributed by atoms with E-state index in [4.69, 9.17) is 27.9 Å². The molecule has 2 rings (SSSR count). The van der Waals surface area contributed by atoms with Crippen LogP contribution in [0.5, 0.6) is 5.75 Å². The molecule has 0 saturated carbocycles. The quantitative estimate of drug-likeness (QED) is 0.283. The highest BCUT2D eigenvalue weighted by molar-refractivity contribution is 6.42. The Bertz CT molecular complexity index is 949. The van der Waals surface area contributed by atoms with Gasteiger partial charge in [0.2, 0.25) is 0 Å². The summed E-state index contributed by atoms with van der Waals surface area (Å²) >= 11 is 11.7. The third-order valence-electron chi connectivity index (χ3n) is 3.60. The molecule has 0 radical (unpaired) electrons. The van der Waals surface area contributed by atoms with Gasteiger partial charge in [0, 0.05) is 5.41 Å². The van der Waals surface area contributed by atoms with Crippen LogP contribution in [0.25, 0.3) is 6.08 Å². The number of halogens is 2. The molecule has 0 heterocycles. The largest absolute Gasteiger partial charge is 0.423 e. The first kappa shape index (κ1) is 20.7. The molecule has 0 N–H and O–H groups in total. The number of esters is 1. The van der Waals surface area contributed by atoms with Crippen LogP contribution < -0.4 is 4.74 Å². The molecule has 138 valence electrons. The van der Waals surface area contributed by atoms with Gasteiger partial charge in [0.1, 0.15) is 11.8 Å². The number of carbonyl (C=O) groups excluding carboxylic acids is 2. The maximum atomic E-state index is 12.2. The van der Waals surface area contributed by atoms with Gasteiger partial charge in [0.05, 0.1) is 21.2 Å².